The molecule has 138 valence electrons. The van der Waals surface area contributed by atoms with Crippen molar-refractivity contribution in [3.63, 3.8) is 0 Å². The monoisotopic (exact) mass is 366 g/mol. The van der Waals surface area contributed by atoms with E-state index < -0.39 is 20.9 Å². The lowest BCUT2D eigenvalue weighted by Crippen LogP contribution is -2.15. The lowest BCUT2D eigenvalue weighted by Gasteiger charge is -2.15. The summed E-state index contributed by atoms with van der Waals surface area (Å²) in [6.45, 7) is 9.20. The molecule has 0 aliphatic carbocycles. The molecule has 2 aromatic carbocycles. The summed E-state index contributed by atoms with van der Waals surface area (Å²) in [5.41, 5.74) is 1.50. The first-order valence-electron chi connectivity index (χ1n) is 8.52. The largest absolute Gasteiger partial charge is 0.497 e. The average molecular weight is 366 g/mol. The van der Waals surface area contributed by atoms with Crippen LogP contribution in [0.5, 0.6) is 5.75 Å². The molecule has 0 aliphatic rings. The highest BCUT2D eigenvalue weighted by Crippen LogP contribution is 2.34. The molecule has 0 unspecified atom stereocenters. The van der Waals surface area contributed by atoms with Gasteiger partial charge in [-0.3, -0.25) is 0 Å². The van der Waals surface area contributed by atoms with E-state index in [2.05, 4.69) is 0 Å². The van der Waals surface area contributed by atoms with E-state index in [0.717, 1.165) is 5.56 Å². The van der Waals surface area contributed by atoms with E-state index in [0.29, 0.717) is 17.7 Å². The van der Waals surface area contributed by atoms with Crippen LogP contribution < -0.4 is 4.74 Å². The Bertz CT molecular complexity index is 812. The Hall–Kier alpha value is -1.88. The number of halogens is 1. The second-order valence-electron chi connectivity index (χ2n) is 5.62. The molecular weight excluding hydrogens is 339 g/mol. The Balaban J connectivity index is 0.00000151. The van der Waals surface area contributed by atoms with Crippen molar-refractivity contribution in [3.05, 3.63) is 47.8 Å². The van der Waals surface area contributed by atoms with Crippen molar-refractivity contribution in [2.24, 2.45) is 0 Å². The fourth-order valence-electron chi connectivity index (χ4n) is 2.34. The summed E-state index contributed by atoms with van der Waals surface area (Å²) in [5, 5.41) is -0.581. The molecule has 0 aromatic heterocycles. The number of hydrogen-bond acceptors (Lipinski definition) is 3. The zero-order chi connectivity index (χ0) is 19.2. The van der Waals surface area contributed by atoms with Crippen molar-refractivity contribution < 1.29 is 17.5 Å². The summed E-state index contributed by atoms with van der Waals surface area (Å²) in [7, 11) is -2.04. The number of ether oxygens (including phenoxy) is 1. The van der Waals surface area contributed by atoms with Gasteiger partial charge in [-0.25, -0.2) is 12.8 Å². The van der Waals surface area contributed by atoms with Crippen LogP contribution in [0, 0.1) is 5.82 Å². The molecule has 0 radical (unpaired) electrons. The molecule has 25 heavy (non-hydrogen) atoms. The van der Waals surface area contributed by atoms with Gasteiger partial charge in [-0.1, -0.05) is 32.9 Å². The van der Waals surface area contributed by atoms with Gasteiger partial charge in [0.15, 0.2) is 9.84 Å². The Labute approximate surface area is 150 Å². The maximum Gasteiger partial charge on any atom is 0.181 e. The number of rotatable bonds is 5. The number of methoxy groups -OCH3 is 1. The number of sulfone groups is 1. The molecule has 0 fully saturated rings. The predicted octanol–water partition coefficient (Wildman–Crippen LogP) is 5.27. The molecule has 0 saturated carbocycles. The van der Waals surface area contributed by atoms with Gasteiger partial charge in [-0.15, -0.1) is 0 Å². The molecule has 0 amide bonds. The Morgan fingerprint density at radius 2 is 1.68 bits per heavy atom. The second-order valence-corrected chi connectivity index (χ2v) is 8.10. The van der Waals surface area contributed by atoms with E-state index in [1.54, 1.807) is 26.0 Å². The highest BCUT2D eigenvalue weighted by molar-refractivity contribution is 7.92. The smallest absolute Gasteiger partial charge is 0.181 e. The van der Waals surface area contributed by atoms with Gasteiger partial charge in [0.2, 0.25) is 0 Å². The van der Waals surface area contributed by atoms with Crippen LogP contribution in [0.1, 0.15) is 40.2 Å². The van der Waals surface area contributed by atoms with Crippen LogP contribution in [-0.4, -0.2) is 20.8 Å². The third-order valence-corrected chi connectivity index (χ3v) is 6.04. The average Bonchev–Trinajstić information content (AvgIpc) is 2.63. The normalized spacial score (nSPS) is 11.0. The van der Waals surface area contributed by atoms with Gasteiger partial charge in [0.1, 0.15) is 11.6 Å². The van der Waals surface area contributed by atoms with E-state index in [-0.39, 0.29) is 10.5 Å². The van der Waals surface area contributed by atoms with E-state index in [1.807, 2.05) is 26.8 Å². The van der Waals surface area contributed by atoms with E-state index in [9.17, 15) is 12.8 Å². The van der Waals surface area contributed by atoms with Gasteiger partial charge >= 0.3 is 0 Å². The van der Waals surface area contributed by atoms with Crippen molar-refractivity contribution in [2.45, 2.75) is 51.2 Å². The lowest BCUT2D eigenvalue weighted by molar-refractivity contribution is 0.414. The maximum absolute atomic E-state index is 14.3. The molecule has 0 heterocycles. The van der Waals surface area contributed by atoms with Crippen LogP contribution in [-0.2, 0) is 16.3 Å². The van der Waals surface area contributed by atoms with Gasteiger partial charge in [0.05, 0.1) is 17.3 Å². The molecule has 2 rings (SSSR count). The summed E-state index contributed by atoms with van der Waals surface area (Å²) >= 11 is 0. The van der Waals surface area contributed by atoms with Gasteiger partial charge in [0.25, 0.3) is 0 Å². The minimum absolute atomic E-state index is 0.166. The van der Waals surface area contributed by atoms with E-state index in [4.69, 9.17) is 4.74 Å². The quantitative estimate of drug-likeness (QED) is 0.724. The summed E-state index contributed by atoms with van der Waals surface area (Å²) < 4.78 is 44.8. The standard InChI is InChI=1S/C18H21FO3S.C2H6/c1-5-13-6-8-15(18(10-13)23(20,21)12(2)3)16-11-14(22-4)7-9-17(16)19;1-2/h6-12H,5H2,1-4H3;1-2H3. The maximum atomic E-state index is 14.3. The molecule has 0 aliphatic heterocycles. The van der Waals surface area contributed by atoms with Crippen LogP contribution in [0.4, 0.5) is 4.39 Å². The van der Waals surface area contributed by atoms with Crippen LogP contribution in [0.2, 0.25) is 0 Å². The topological polar surface area (TPSA) is 43.4 Å². The summed E-state index contributed by atoms with van der Waals surface area (Å²) in [6, 6.07) is 9.46. The van der Waals surface area contributed by atoms with Gasteiger partial charge in [-0.05, 0) is 50.1 Å². The molecule has 0 spiro atoms. The molecular formula is C20H27FO3S. The molecule has 0 N–H and O–H groups in total. The van der Waals surface area contributed by atoms with Gasteiger partial charge in [-0.2, -0.15) is 0 Å². The first-order valence-corrected chi connectivity index (χ1v) is 10.1. The lowest BCUT2D eigenvalue weighted by atomic mass is 10.0. The van der Waals surface area contributed by atoms with Crippen LogP contribution in [0.3, 0.4) is 0 Å². The summed E-state index contributed by atoms with van der Waals surface area (Å²) in [6.07, 6.45) is 0.710. The molecule has 3 nitrogen and oxygen atoms in total. The second kappa shape index (κ2) is 8.99. The number of hydrogen-bond donors (Lipinski definition) is 0. The summed E-state index contributed by atoms with van der Waals surface area (Å²) in [5.74, 6) is 0.00381. The predicted molar refractivity (Wildman–Crippen MR) is 101 cm³/mol. The SMILES string of the molecule is CC.CCc1ccc(-c2cc(OC)ccc2F)c(S(=O)(=O)C(C)C)c1. The Kier molecular flexibility index (Phi) is 7.61. The fourth-order valence-corrected chi connectivity index (χ4v) is 3.64. The molecule has 2 aromatic rings. The molecule has 5 heteroatoms. The molecule has 0 bridgehead atoms. The number of aryl methyl sites for hydroxylation is 1. The number of benzene rings is 2. The molecule has 0 saturated heterocycles. The molecule has 0 atom stereocenters. The van der Waals surface area contributed by atoms with Crippen molar-refractivity contribution in [2.75, 3.05) is 7.11 Å². The third-order valence-electron chi connectivity index (χ3n) is 3.85. The van der Waals surface area contributed by atoms with Crippen molar-refractivity contribution >= 4 is 9.84 Å². The fraction of sp³-hybridized carbons (Fsp3) is 0.400. The van der Waals surface area contributed by atoms with Crippen LogP contribution in [0.15, 0.2) is 41.3 Å². The Morgan fingerprint density at radius 1 is 1.04 bits per heavy atom. The zero-order valence-electron chi connectivity index (χ0n) is 15.8. The van der Waals surface area contributed by atoms with E-state index >= 15 is 0 Å². The van der Waals surface area contributed by atoms with Gasteiger partial charge in [0, 0.05) is 11.1 Å². The first kappa shape index (κ1) is 21.2. The summed E-state index contributed by atoms with van der Waals surface area (Å²) in [4.78, 5) is 0.166. The first-order chi connectivity index (χ1) is 11.8. The highest BCUT2D eigenvalue weighted by Gasteiger charge is 2.25. The van der Waals surface area contributed by atoms with Gasteiger partial charge < -0.3 is 4.74 Å². The van der Waals surface area contributed by atoms with Crippen LogP contribution >= 0.6 is 0 Å². The minimum Gasteiger partial charge on any atom is -0.497 e. The zero-order valence-corrected chi connectivity index (χ0v) is 16.6. The third kappa shape index (κ3) is 4.60. The van der Waals surface area contributed by atoms with E-state index in [1.165, 1.54) is 25.3 Å². The van der Waals surface area contributed by atoms with Crippen LogP contribution in [0.25, 0.3) is 11.1 Å². The minimum atomic E-state index is -3.53. The Morgan fingerprint density at radius 3 is 2.20 bits per heavy atom. The van der Waals surface area contributed by atoms with Crippen molar-refractivity contribution in [1.29, 1.82) is 0 Å². The van der Waals surface area contributed by atoms with Crippen molar-refractivity contribution in [3.8, 4) is 16.9 Å². The van der Waals surface area contributed by atoms with Crippen molar-refractivity contribution in [1.82, 2.24) is 0 Å². The highest BCUT2D eigenvalue weighted by atomic mass is 32.2.